The number of hydrogen-bond donors (Lipinski definition) is 0. The van der Waals surface area contributed by atoms with E-state index in [0.29, 0.717) is 11.5 Å². The molecular formula is C9H15BrO2. The normalized spacial score (nSPS) is 32.2. The molecule has 2 aliphatic rings. The van der Waals surface area contributed by atoms with Crippen LogP contribution in [0.2, 0.25) is 0 Å². The fourth-order valence-corrected chi connectivity index (χ4v) is 2.15. The lowest BCUT2D eigenvalue weighted by molar-refractivity contribution is 0.0208. The molecule has 2 nitrogen and oxygen atoms in total. The first-order valence-corrected chi connectivity index (χ1v) is 5.72. The first-order chi connectivity index (χ1) is 5.85. The van der Waals surface area contributed by atoms with Crippen molar-refractivity contribution in [3.05, 3.63) is 0 Å². The summed E-state index contributed by atoms with van der Waals surface area (Å²) in [4.78, 5) is 0. The van der Waals surface area contributed by atoms with Gasteiger partial charge in [0.1, 0.15) is 0 Å². The van der Waals surface area contributed by atoms with Gasteiger partial charge in [-0.1, -0.05) is 15.9 Å². The third-order valence-electron chi connectivity index (χ3n) is 2.75. The van der Waals surface area contributed by atoms with Crippen LogP contribution in [-0.2, 0) is 9.47 Å². The van der Waals surface area contributed by atoms with Crippen LogP contribution in [0.25, 0.3) is 0 Å². The minimum Gasteiger partial charge on any atom is -0.379 e. The van der Waals surface area contributed by atoms with E-state index in [1.807, 2.05) is 0 Å². The summed E-state index contributed by atoms with van der Waals surface area (Å²) in [7, 11) is 0. The minimum atomic E-state index is 0.376. The summed E-state index contributed by atoms with van der Waals surface area (Å²) in [5.41, 5.74) is 0.489. The van der Waals surface area contributed by atoms with Crippen molar-refractivity contribution in [2.75, 3.05) is 25.2 Å². The lowest BCUT2D eigenvalue weighted by atomic mass is 10.2. The van der Waals surface area contributed by atoms with Crippen molar-refractivity contribution in [2.45, 2.75) is 25.4 Å². The van der Waals surface area contributed by atoms with Crippen LogP contribution in [0.4, 0.5) is 0 Å². The SMILES string of the molecule is BrCC1(COC2CCOC2)CC1. The molecule has 12 heavy (non-hydrogen) atoms. The van der Waals surface area contributed by atoms with E-state index in [2.05, 4.69) is 15.9 Å². The van der Waals surface area contributed by atoms with Crippen molar-refractivity contribution in [3.8, 4) is 0 Å². The Balaban J connectivity index is 1.67. The lowest BCUT2D eigenvalue weighted by Crippen LogP contribution is -2.20. The highest BCUT2D eigenvalue weighted by atomic mass is 79.9. The third-order valence-corrected chi connectivity index (χ3v) is 3.94. The van der Waals surface area contributed by atoms with Gasteiger partial charge in [0.2, 0.25) is 0 Å². The molecule has 1 aliphatic heterocycles. The van der Waals surface area contributed by atoms with Gasteiger partial charge in [-0.2, -0.15) is 0 Å². The van der Waals surface area contributed by atoms with Crippen LogP contribution < -0.4 is 0 Å². The first kappa shape index (κ1) is 8.97. The van der Waals surface area contributed by atoms with E-state index in [1.54, 1.807) is 0 Å². The molecule has 0 aromatic carbocycles. The standard InChI is InChI=1S/C9H15BrO2/c10-6-9(2-3-9)7-12-8-1-4-11-5-8/h8H,1-7H2. The first-order valence-electron chi connectivity index (χ1n) is 4.60. The average Bonchev–Trinajstić information content (AvgIpc) is 2.70. The van der Waals surface area contributed by atoms with Gasteiger partial charge in [-0.3, -0.25) is 0 Å². The molecule has 1 unspecified atom stereocenters. The molecule has 0 N–H and O–H groups in total. The summed E-state index contributed by atoms with van der Waals surface area (Å²) >= 11 is 3.53. The minimum absolute atomic E-state index is 0.376. The number of ether oxygens (including phenoxy) is 2. The van der Waals surface area contributed by atoms with Gasteiger partial charge >= 0.3 is 0 Å². The van der Waals surface area contributed by atoms with E-state index >= 15 is 0 Å². The zero-order valence-electron chi connectivity index (χ0n) is 7.22. The molecule has 70 valence electrons. The van der Waals surface area contributed by atoms with Gasteiger partial charge < -0.3 is 9.47 Å². The van der Waals surface area contributed by atoms with Crippen molar-refractivity contribution < 1.29 is 9.47 Å². The Bertz CT molecular complexity index is 151. The van der Waals surface area contributed by atoms with Gasteiger partial charge in [-0.05, 0) is 19.3 Å². The molecular weight excluding hydrogens is 220 g/mol. The van der Waals surface area contributed by atoms with Gasteiger partial charge in [0, 0.05) is 17.4 Å². The second-order valence-electron chi connectivity index (χ2n) is 3.93. The molecule has 0 aromatic heterocycles. The summed E-state index contributed by atoms with van der Waals surface area (Å²) in [5.74, 6) is 0. The van der Waals surface area contributed by atoms with Gasteiger partial charge in [-0.15, -0.1) is 0 Å². The average molecular weight is 235 g/mol. The Kier molecular flexibility index (Phi) is 2.72. The van der Waals surface area contributed by atoms with Crippen LogP contribution in [0.5, 0.6) is 0 Å². The van der Waals surface area contributed by atoms with Crippen molar-refractivity contribution in [3.63, 3.8) is 0 Å². The Morgan fingerprint density at radius 3 is 2.83 bits per heavy atom. The quantitative estimate of drug-likeness (QED) is 0.693. The molecule has 1 saturated heterocycles. The van der Waals surface area contributed by atoms with Gasteiger partial charge in [-0.25, -0.2) is 0 Å². The molecule has 0 bridgehead atoms. The number of rotatable bonds is 4. The smallest absolute Gasteiger partial charge is 0.0830 e. The number of halogens is 1. The van der Waals surface area contributed by atoms with Crippen LogP contribution in [-0.4, -0.2) is 31.3 Å². The van der Waals surface area contributed by atoms with Crippen LogP contribution >= 0.6 is 15.9 Å². The Labute approximate surface area is 81.7 Å². The van der Waals surface area contributed by atoms with Crippen molar-refractivity contribution >= 4 is 15.9 Å². The fraction of sp³-hybridized carbons (Fsp3) is 1.00. The number of alkyl halides is 1. The van der Waals surface area contributed by atoms with Crippen LogP contribution in [0.1, 0.15) is 19.3 Å². The molecule has 2 fully saturated rings. The highest BCUT2D eigenvalue weighted by Crippen LogP contribution is 2.47. The maximum atomic E-state index is 5.77. The highest BCUT2D eigenvalue weighted by Gasteiger charge is 2.42. The molecule has 3 heteroatoms. The van der Waals surface area contributed by atoms with Crippen LogP contribution in [0, 0.1) is 5.41 Å². The second kappa shape index (κ2) is 3.64. The summed E-state index contributed by atoms with van der Waals surface area (Å²) in [5, 5.41) is 1.09. The van der Waals surface area contributed by atoms with Gasteiger partial charge in [0.05, 0.1) is 19.3 Å². The monoisotopic (exact) mass is 234 g/mol. The molecule has 1 atom stereocenters. The van der Waals surface area contributed by atoms with E-state index in [4.69, 9.17) is 9.47 Å². The highest BCUT2D eigenvalue weighted by molar-refractivity contribution is 9.09. The van der Waals surface area contributed by atoms with Crippen molar-refractivity contribution in [2.24, 2.45) is 5.41 Å². The summed E-state index contributed by atoms with van der Waals surface area (Å²) in [6.07, 6.45) is 4.11. The summed E-state index contributed by atoms with van der Waals surface area (Å²) in [6, 6.07) is 0. The Hall–Kier alpha value is 0.400. The number of hydrogen-bond acceptors (Lipinski definition) is 2. The molecule has 1 aliphatic carbocycles. The van der Waals surface area contributed by atoms with E-state index in [1.165, 1.54) is 12.8 Å². The predicted octanol–water partition coefficient (Wildman–Crippen LogP) is 1.97. The zero-order valence-corrected chi connectivity index (χ0v) is 8.81. The van der Waals surface area contributed by atoms with Crippen LogP contribution in [0.3, 0.4) is 0 Å². The van der Waals surface area contributed by atoms with E-state index < -0.39 is 0 Å². The molecule has 1 heterocycles. The summed E-state index contributed by atoms with van der Waals surface area (Å²) < 4.78 is 11.0. The maximum Gasteiger partial charge on any atom is 0.0830 e. The van der Waals surface area contributed by atoms with Crippen LogP contribution in [0.15, 0.2) is 0 Å². The predicted molar refractivity (Wildman–Crippen MR) is 50.6 cm³/mol. The Morgan fingerprint density at radius 1 is 1.50 bits per heavy atom. The second-order valence-corrected chi connectivity index (χ2v) is 4.49. The van der Waals surface area contributed by atoms with E-state index in [0.717, 1.165) is 31.6 Å². The third kappa shape index (κ3) is 2.01. The Morgan fingerprint density at radius 2 is 2.33 bits per heavy atom. The fourth-order valence-electron chi connectivity index (χ4n) is 1.43. The molecule has 0 aromatic rings. The summed E-state index contributed by atoms with van der Waals surface area (Å²) in [6.45, 7) is 2.61. The molecule has 1 saturated carbocycles. The lowest BCUT2D eigenvalue weighted by Gasteiger charge is -2.15. The van der Waals surface area contributed by atoms with E-state index in [9.17, 15) is 0 Å². The van der Waals surface area contributed by atoms with Crippen molar-refractivity contribution in [1.82, 2.24) is 0 Å². The largest absolute Gasteiger partial charge is 0.379 e. The molecule has 0 amide bonds. The molecule has 0 radical (unpaired) electrons. The topological polar surface area (TPSA) is 18.5 Å². The van der Waals surface area contributed by atoms with Crippen molar-refractivity contribution in [1.29, 1.82) is 0 Å². The molecule has 2 rings (SSSR count). The van der Waals surface area contributed by atoms with E-state index in [-0.39, 0.29) is 0 Å². The zero-order chi connectivity index (χ0) is 8.44. The van der Waals surface area contributed by atoms with Gasteiger partial charge in [0.25, 0.3) is 0 Å². The van der Waals surface area contributed by atoms with Gasteiger partial charge in [0.15, 0.2) is 0 Å². The maximum absolute atomic E-state index is 5.77. The molecule has 0 spiro atoms.